The quantitative estimate of drug-likeness (QED) is 0.337. The van der Waals surface area contributed by atoms with Gasteiger partial charge in [-0.25, -0.2) is 0 Å². The van der Waals surface area contributed by atoms with Gasteiger partial charge in [0, 0.05) is 0 Å². The molecule has 1 radical (unpaired) electrons. The summed E-state index contributed by atoms with van der Waals surface area (Å²) in [6.45, 7) is -3.08. The van der Waals surface area contributed by atoms with Crippen molar-refractivity contribution in [3.05, 3.63) is 6.68 Å². The van der Waals surface area contributed by atoms with Gasteiger partial charge in [-0.1, -0.05) is 0 Å². The average molecular weight is 124 g/mol. The number of halogens is 3. The molecule has 0 atom stereocenters. The maximum Gasteiger partial charge on any atom is 2.00 e. The molecule has 5 heavy (non-hydrogen) atoms. The van der Waals surface area contributed by atoms with E-state index in [9.17, 15) is 13.2 Å². The van der Waals surface area contributed by atoms with Crippen molar-refractivity contribution >= 4 is 0 Å². The Morgan fingerprint density at radius 3 is 1.00 bits per heavy atom. The molecule has 31 valence electrons. The first kappa shape index (κ1) is 9.00. The molecule has 0 rings (SSSR count). The number of hydrogen-bond donors (Lipinski definition) is 0. The molecule has 0 spiro atoms. The zero-order valence-electron chi connectivity index (χ0n) is 2.01. The van der Waals surface area contributed by atoms with Crippen LogP contribution in [0.15, 0.2) is 0 Å². The van der Waals surface area contributed by atoms with Gasteiger partial charge < -0.3 is 13.2 Å². The number of hydrogen-bond acceptors (Lipinski definition) is 0. The fourth-order valence-electron chi connectivity index (χ4n) is 0. The van der Waals surface area contributed by atoms with Crippen molar-refractivity contribution in [1.82, 2.24) is 0 Å². The molecule has 0 N–H and O–H groups in total. The molecule has 0 aromatic heterocycles. The van der Waals surface area contributed by atoms with Gasteiger partial charge in [0.1, 0.15) is 0 Å². The van der Waals surface area contributed by atoms with Crippen LogP contribution in [-0.2, 0) is 17.1 Å². The van der Waals surface area contributed by atoms with E-state index >= 15 is 0 Å². The van der Waals surface area contributed by atoms with Crippen molar-refractivity contribution in [2.24, 2.45) is 0 Å². The van der Waals surface area contributed by atoms with Crippen LogP contribution in [0, 0.1) is 6.68 Å². The van der Waals surface area contributed by atoms with E-state index in [4.69, 9.17) is 0 Å². The Morgan fingerprint density at radius 2 is 1.00 bits per heavy atom. The van der Waals surface area contributed by atoms with Gasteiger partial charge in [-0.2, -0.15) is 0 Å². The maximum atomic E-state index is 9.58. The summed E-state index contributed by atoms with van der Waals surface area (Å²) in [5.74, 6) is 0. The molecule has 0 fully saturated rings. The van der Waals surface area contributed by atoms with E-state index in [1.807, 2.05) is 0 Å². The smallest absolute Gasteiger partial charge is 0.385 e. The molecule has 0 amide bonds. The monoisotopic (exact) mass is 124 g/mol. The van der Waals surface area contributed by atoms with E-state index in [1.165, 1.54) is 0 Å². The average Bonchev–Trinajstić information content (AvgIpc) is 0.811. The summed E-state index contributed by atoms with van der Waals surface area (Å²) in [6.07, 6.45) is 0. The third-order valence-electron chi connectivity index (χ3n) is 0. The summed E-state index contributed by atoms with van der Waals surface area (Å²) in [6, 6.07) is 0. The van der Waals surface area contributed by atoms with Gasteiger partial charge in [0.2, 0.25) is 0 Å². The summed E-state index contributed by atoms with van der Waals surface area (Å²) >= 11 is 0. The fourth-order valence-corrected chi connectivity index (χ4v) is 0. The largest absolute Gasteiger partial charge is 2.00 e. The topological polar surface area (TPSA) is 0 Å². The molecule has 0 heterocycles. The van der Waals surface area contributed by atoms with Gasteiger partial charge in [-0.15, -0.1) is 0 Å². The van der Waals surface area contributed by atoms with Crippen LogP contribution in [0.5, 0.6) is 0 Å². The minimum atomic E-state index is -3.08. The summed E-state index contributed by atoms with van der Waals surface area (Å²) in [5.41, 5.74) is 0. The first-order chi connectivity index (χ1) is 1.73. The van der Waals surface area contributed by atoms with E-state index in [1.54, 1.807) is 0 Å². The summed E-state index contributed by atoms with van der Waals surface area (Å²) in [5, 5.41) is 0. The van der Waals surface area contributed by atoms with E-state index in [2.05, 4.69) is 0 Å². The van der Waals surface area contributed by atoms with Crippen molar-refractivity contribution in [2.75, 3.05) is 0 Å². The Hall–Kier alpha value is 0.309. The third kappa shape index (κ3) is 240. The van der Waals surface area contributed by atoms with Gasteiger partial charge in [0.15, 0.2) is 6.68 Å². The zero-order chi connectivity index (χ0) is 3.58. The van der Waals surface area contributed by atoms with Crippen molar-refractivity contribution < 1.29 is 30.2 Å². The van der Waals surface area contributed by atoms with Crippen molar-refractivity contribution in [3.63, 3.8) is 0 Å². The molecular formula is CF3Mn+. The maximum absolute atomic E-state index is 9.58. The fraction of sp³-hybridized carbons (Fsp3) is 0. The molecule has 0 saturated heterocycles. The van der Waals surface area contributed by atoms with Crippen molar-refractivity contribution in [3.8, 4) is 0 Å². The molecule has 4 heteroatoms. The predicted octanol–water partition coefficient (Wildman–Crippen LogP) is 1.34. The van der Waals surface area contributed by atoms with Crippen LogP contribution >= 0.6 is 0 Å². The molecule has 0 nitrogen and oxygen atoms in total. The SMILES string of the molecule is F[C-](F)F.[Mn+2]. The minimum absolute atomic E-state index is 0. The molecule has 0 saturated carbocycles. The van der Waals surface area contributed by atoms with Crippen molar-refractivity contribution in [1.29, 1.82) is 0 Å². The van der Waals surface area contributed by atoms with Gasteiger partial charge in [0.25, 0.3) is 0 Å². The third-order valence-corrected chi connectivity index (χ3v) is 0. The number of rotatable bonds is 0. The molecule has 0 unspecified atom stereocenters. The van der Waals surface area contributed by atoms with E-state index in [0.29, 0.717) is 0 Å². The Balaban J connectivity index is 0. The zero-order valence-corrected chi connectivity index (χ0v) is 3.19. The summed E-state index contributed by atoms with van der Waals surface area (Å²) in [7, 11) is 0. The van der Waals surface area contributed by atoms with Gasteiger partial charge in [-0.05, 0) is 0 Å². The predicted molar refractivity (Wildman–Crippen MR) is 6.57 cm³/mol. The van der Waals surface area contributed by atoms with Crippen LogP contribution in [0.4, 0.5) is 13.2 Å². The Bertz CT molecular complexity index is 11.6. The van der Waals surface area contributed by atoms with Gasteiger partial charge in [0.05, 0.1) is 0 Å². The summed E-state index contributed by atoms with van der Waals surface area (Å²) < 4.78 is 28.8. The molecule has 0 aliphatic carbocycles. The van der Waals surface area contributed by atoms with Crippen LogP contribution in [0.25, 0.3) is 0 Å². The van der Waals surface area contributed by atoms with E-state index in [-0.39, 0.29) is 17.1 Å². The molecule has 0 bridgehead atoms. The molecule has 0 aromatic rings. The van der Waals surface area contributed by atoms with Crippen LogP contribution in [0.1, 0.15) is 0 Å². The Morgan fingerprint density at radius 1 is 1.00 bits per heavy atom. The second-order valence-corrected chi connectivity index (χ2v) is 0.214. The molecular weight excluding hydrogens is 124 g/mol. The van der Waals surface area contributed by atoms with Gasteiger partial charge >= 0.3 is 17.1 Å². The Labute approximate surface area is 37.8 Å². The molecule has 0 aromatic carbocycles. The standard InChI is InChI=1S/CF3.Mn/c2-1(3)4;/q-1;+2. The van der Waals surface area contributed by atoms with Crippen LogP contribution < -0.4 is 0 Å². The van der Waals surface area contributed by atoms with Crippen LogP contribution in [-0.4, -0.2) is 0 Å². The Kier molecular flexibility index (Phi) is 7.76. The molecule has 0 aliphatic heterocycles. The second kappa shape index (κ2) is 4.31. The summed E-state index contributed by atoms with van der Waals surface area (Å²) in [4.78, 5) is 0. The first-order valence-electron chi connectivity index (χ1n) is 0.567. The second-order valence-electron chi connectivity index (χ2n) is 0.214. The first-order valence-corrected chi connectivity index (χ1v) is 0.567. The molecule has 0 aliphatic rings. The van der Waals surface area contributed by atoms with Crippen molar-refractivity contribution in [2.45, 2.75) is 0 Å². The van der Waals surface area contributed by atoms with Gasteiger partial charge in [-0.3, -0.25) is 0 Å². The van der Waals surface area contributed by atoms with E-state index < -0.39 is 6.68 Å². The minimum Gasteiger partial charge on any atom is -0.385 e. The van der Waals surface area contributed by atoms with Crippen LogP contribution in [0.3, 0.4) is 0 Å². The van der Waals surface area contributed by atoms with E-state index in [0.717, 1.165) is 0 Å². The normalized spacial score (nSPS) is 7.20. The van der Waals surface area contributed by atoms with Crippen LogP contribution in [0.2, 0.25) is 0 Å².